The van der Waals surface area contributed by atoms with Crippen molar-refractivity contribution in [1.82, 2.24) is 19.9 Å². The number of hydrogen-bond acceptors (Lipinski definition) is 6. The van der Waals surface area contributed by atoms with Gasteiger partial charge in [0, 0.05) is 29.9 Å². The number of halogens is 3. The largest absolute Gasteiger partial charge is 0.417 e. The number of ether oxygens (including phenoxy) is 1. The lowest BCUT2D eigenvalue weighted by Crippen LogP contribution is -2.33. The summed E-state index contributed by atoms with van der Waals surface area (Å²) >= 11 is 0. The average Bonchev–Trinajstić information content (AvgIpc) is 3.43. The molecule has 0 aromatic carbocycles. The van der Waals surface area contributed by atoms with Gasteiger partial charge in [-0.25, -0.2) is 9.97 Å². The van der Waals surface area contributed by atoms with Crippen LogP contribution in [0.4, 0.5) is 19.0 Å². The van der Waals surface area contributed by atoms with E-state index in [-0.39, 0.29) is 12.5 Å². The minimum atomic E-state index is -4.45. The van der Waals surface area contributed by atoms with Crippen LogP contribution in [0.2, 0.25) is 0 Å². The molecule has 32 heavy (non-hydrogen) atoms. The number of hydrogen-bond donors (Lipinski definition) is 1. The number of carbonyl (C=O) groups is 1. The summed E-state index contributed by atoms with van der Waals surface area (Å²) in [5.74, 6) is 0.513. The second kappa shape index (κ2) is 7.70. The van der Waals surface area contributed by atoms with E-state index in [1.54, 1.807) is 11.0 Å². The predicted molar refractivity (Wildman–Crippen MR) is 109 cm³/mol. The van der Waals surface area contributed by atoms with E-state index in [0.29, 0.717) is 48.4 Å². The van der Waals surface area contributed by atoms with Crippen LogP contribution >= 0.6 is 0 Å². The molecule has 0 atom stereocenters. The molecular formula is C22H20F3N5O2. The molecule has 0 unspecified atom stereocenters. The quantitative estimate of drug-likeness (QED) is 0.646. The summed E-state index contributed by atoms with van der Waals surface area (Å²) in [5, 5.41) is 0.719. The SMILES string of the molecule is Nc1nc2ncc(C(=O)N(Cc3ccc(C(F)(F)F)cn3)CC3CC3)cc2c2c1COC2. The van der Waals surface area contributed by atoms with Crippen LogP contribution in [0, 0.1) is 5.92 Å². The molecule has 166 valence electrons. The number of carbonyl (C=O) groups excluding carboxylic acids is 1. The lowest BCUT2D eigenvalue weighted by molar-refractivity contribution is -0.137. The molecule has 3 aromatic rings. The summed E-state index contributed by atoms with van der Waals surface area (Å²) in [6, 6.07) is 4.04. The van der Waals surface area contributed by atoms with Gasteiger partial charge in [0.25, 0.3) is 5.91 Å². The maximum atomic E-state index is 13.4. The Balaban J connectivity index is 1.44. The average molecular weight is 443 g/mol. The molecule has 1 amide bonds. The first-order valence-corrected chi connectivity index (χ1v) is 10.3. The Morgan fingerprint density at radius 3 is 2.62 bits per heavy atom. The van der Waals surface area contributed by atoms with Crippen LogP contribution in [0.3, 0.4) is 0 Å². The van der Waals surface area contributed by atoms with Gasteiger partial charge in [-0.2, -0.15) is 13.2 Å². The lowest BCUT2D eigenvalue weighted by Gasteiger charge is -2.23. The fraction of sp³-hybridized carbons (Fsp3) is 0.364. The molecule has 10 heteroatoms. The van der Waals surface area contributed by atoms with E-state index in [0.717, 1.165) is 41.6 Å². The predicted octanol–water partition coefficient (Wildman–Crippen LogP) is 3.71. The molecule has 0 spiro atoms. The van der Waals surface area contributed by atoms with E-state index in [9.17, 15) is 18.0 Å². The van der Waals surface area contributed by atoms with Gasteiger partial charge in [-0.15, -0.1) is 0 Å². The monoisotopic (exact) mass is 443 g/mol. The Morgan fingerprint density at radius 1 is 1.16 bits per heavy atom. The number of alkyl halides is 3. The third-order valence-electron chi connectivity index (χ3n) is 5.80. The number of aromatic nitrogens is 3. The number of nitrogen functional groups attached to an aromatic ring is 1. The molecular weight excluding hydrogens is 423 g/mol. The van der Waals surface area contributed by atoms with Crippen LogP contribution in [-0.2, 0) is 30.7 Å². The van der Waals surface area contributed by atoms with E-state index in [1.807, 2.05) is 0 Å². The maximum Gasteiger partial charge on any atom is 0.417 e. The van der Waals surface area contributed by atoms with Crippen LogP contribution < -0.4 is 5.73 Å². The Morgan fingerprint density at radius 2 is 1.94 bits per heavy atom. The Kier molecular flexibility index (Phi) is 4.96. The van der Waals surface area contributed by atoms with Gasteiger partial charge in [-0.3, -0.25) is 9.78 Å². The molecule has 0 bridgehead atoms. The van der Waals surface area contributed by atoms with Gasteiger partial charge in [0.15, 0.2) is 5.65 Å². The third kappa shape index (κ3) is 3.97. The van der Waals surface area contributed by atoms with Gasteiger partial charge in [0.2, 0.25) is 0 Å². The summed E-state index contributed by atoms with van der Waals surface area (Å²) in [6.45, 7) is 1.38. The summed E-state index contributed by atoms with van der Waals surface area (Å²) in [6.07, 6.45) is -0.152. The van der Waals surface area contributed by atoms with Crippen LogP contribution in [0.15, 0.2) is 30.6 Å². The normalized spacial score (nSPS) is 15.7. The van der Waals surface area contributed by atoms with Crippen molar-refractivity contribution in [3.8, 4) is 0 Å². The fourth-order valence-corrected chi connectivity index (χ4v) is 3.86. The van der Waals surface area contributed by atoms with Gasteiger partial charge in [-0.05, 0) is 42.5 Å². The number of anilines is 1. The highest BCUT2D eigenvalue weighted by Crippen LogP contribution is 2.33. The highest BCUT2D eigenvalue weighted by molar-refractivity contribution is 5.98. The van der Waals surface area contributed by atoms with Crippen molar-refractivity contribution in [3.05, 3.63) is 58.5 Å². The molecule has 1 aliphatic carbocycles. The van der Waals surface area contributed by atoms with Crippen molar-refractivity contribution in [1.29, 1.82) is 0 Å². The van der Waals surface area contributed by atoms with Gasteiger partial charge < -0.3 is 15.4 Å². The Bertz CT molecular complexity index is 1190. The van der Waals surface area contributed by atoms with Crippen molar-refractivity contribution in [2.24, 2.45) is 5.92 Å². The first-order valence-electron chi connectivity index (χ1n) is 10.3. The number of fused-ring (bicyclic) bond motifs is 3. The van der Waals surface area contributed by atoms with E-state index in [2.05, 4.69) is 15.0 Å². The number of pyridine rings is 3. The zero-order valence-electron chi connectivity index (χ0n) is 17.0. The van der Waals surface area contributed by atoms with Gasteiger partial charge >= 0.3 is 6.18 Å². The smallest absolute Gasteiger partial charge is 0.383 e. The highest BCUT2D eigenvalue weighted by Gasteiger charge is 2.32. The van der Waals surface area contributed by atoms with Crippen LogP contribution in [0.25, 0.3) is 11.0 Å². The first-order chi connectivity index (χ1) is 15.3. The molecule has 1 saturated carbocycles. The summed E-state index contributed by atoms with van der Waals surface area (Å²) in [7, 11) is 0. The molecule has 3 aromatic heterocycles. The van der Waals surface area contributed by atoms with Crippen molar-refractivity contribution < 1.29 is 22.7 Å². The summed E-state index contributed by atoms with van der Waals surface area (Å²) < 4.78 is 44.0. The molecule has 7 nitrogen and oxygen atoms in total. The molecule has 2 N–H and O–H groups in total. The number of nitrogens with two attached hydrogens (primary N) is 1. The number of nitrogens with zero attached hydrogens (tertiary/aromatic N) is 4. The highest BCUT2D eigenvalue weighted by atomic mass is 19.4. The lowest BCUT2D eigenvalue weighted by atomic mass is 10.1. The second-order valence-corrected chi connectivity index (χ2v) is 8.21. The summed E-state index contributed by atoms with van der Waals surface area (Å²) in [5.41, 5.74) is 8.08. The Hall–Kier alpha value is -3.27. The number of amides is 1. The maximum absolute atomic E-state index is 13.4. The van der Waals surface area contributed by atoms with Crippen LogP contribution in [0.5, 0.6) is 0 Å². The van der Waals surface area contributed by atoms with Gasteiger partial charge in [-0.1, -0.05) is 0 Å². The minimum Gasteiger partial charge on any atom is -0.383 e. The van der Waals surface area contributed by atoms with E-state index in [4.69, 9.17) is 10.5 Å². The number of rotatable bonds is 5. The zero-order chi connectivity index (χ0) is 22.5. The van der Waals surface area contributed by atoms with Crippen molar-refractivity contribution in [2.75, 3.05) is 12.3 Å². The molecule has 5 rings (SSSR count). The van der Waals surface area contributed by atoms with Crippen molar-refractivity contribution >= 4 is 22.8 Å². The topological polar surface area (TPSA) is 94.2 Å². The summed E-state index contributed by atoms with van der Waals surface area (Å²) in [4.78, 5) is 27.5. The fourth-order valence-electron chi connectivity index (χ4n) is 3.86. The van der Waals surface area contributed by atoms with Crippen molar-refractivity contribution in [2.45, 2.75) is 38.8 Å². The van der Waals surface area contributed by atoms with Gasteiger partial charge in [0.05, 0.1) is 36.6 Å². The zero-order valence-corrected chi connectivity index (χ0v) is 17.0. The minimum absolute atomic E-state index is 0.118. The molecule has 2 aliphatic rings. The van der Waals surface area contributed by atoms with E-state index in [1.165, 1.54) is 12.3 Å². The second-order valence-electron chi connectivity index (χ2n) is 8.21. The third-order valence-corrected chi connectivity index (χ3v) is 5.80. The molecule has 4 heterocycles. The van der Waals surface area contributed by atoms with E-state index >= 15 is 0 Å². The van der Waals surface area contributed by atoms with E-state index < -0.39 is 11.7 Å². The first kappa shape index (κ1) is 20.6. The molecule has 0 radical (unpaired) electrons. The molecule has 1 fully saturated rings. The van der Waals surface area contributed by atoms with Crippen LogP contribution in [-0.4, -0.2) is 32.3 Å². The van der Waals surface area contributed by atoms with Gasteiger partial charge in [0.1, 0.15) is 5.82 Å². The standard InChI is InChI=1S/C22H20F3N5O2/c23-22(24,25)14-3-4-15(27-7-14)9-30(8-12-1-2-12)21(31)13-5-16-17-10-32-11-18(17)19(26)29-20(16)28-6-13/h3-7,12H,1-2,8-11H2,(H2,26,28,29). The van der Waals surface area contributed by atoms with Crippen molar-refractivity contribution in [3.63, 3.8) is 0 Å². The molecule has 0 saturated heterocycles. The van der Waals surface area contributed by atoms with Crippen LogP contribution in [0.1, 0.15) is 45.6 Å². The molecule has 1 aliphatic heterocycles. The Labute approximate surface area is 181 Å².